The van der Waals surface area contributed by atoms with Gasteiger partial charge in [0.1, 0.15) is 0 Å². The van der Waals surface area contributed by atoms with Crippen LogP contribution in [0.15, 0.2) is 24.3 Å². The van der Waals surface area contributed by atoms with Crippen LogP contribution in [-0.4, -0.2) is 6.54 Å². The van der Waals surface area contributed by atoms with E-state index in [1.54, 1.807) is 0 Å². The molecule has 1 fully saturated rings. The molecule has 0 bridgehead atoms. The van der Waals surface area contributed by atoms with E-state index in [4.69, 9.17) is 5.73 Å². The van der Waals surface area contributed by atoms with Crippen molar-refractivity contribution in [2.45, 2.75) is 31.6 Å². The highest BCUT2D eigenvalue weighted by molar-refractivity contribution is 5.32. The summed E-state index contributed by atoms with van der Waals surface area (Å²) in [5.74, 6) is 0. The average Bonchev–Trinajstić information content (AvgIpc) is 2.03. The molecule has 13 heavy (non-hydrogen) atoms. The lowest BCUT2D eigenvalue weighted by atomic mass is 9.64. The van der Waals surface area contributed by atoms with Crippen LogP contribution >= 0.6 is 0 Å². The topological polar surface area (TPSA) is 26.0 Å². The molecule has 0 heterocycles. The fourth-order valence-electron chi connectivity index (χ4n) is 2.19. The van der Waals surface area contributed by atoms with Crippen LogP contribution in [0.5, 0.6) is 0 Å². The first-order chi connectivity index (χ1) is 6.27. The van der Waals surface area contributed by atoms with Gasteiger partial charge < -0.3 is 5.73 Å². The van der Waals surface area contributed by atoms with Crippen LogP contribution < -0.4 is 5.73 Å². The number of benzene rings is 1. The Bertz CT molecular complexity index is 294. The molecule has 1 aromatic carbocycles. The quantitative estimate of drug-likeness (QED) is 0.733. The second-order valence-electron chi connectivity index (χ2n) is 4.21. The summed E-state index contributed by atoms with van der Waals surface area (Å²) in [7, 11) is 0. The van der Waals surface area contributed by atoms with E-state index < -0.39 is 0 Å². The van der Waals surface area contributed by atoms with Gasteiger partial charge in [-0.15, -0.1) is 0 Å². The molecule has 0 spiro atoms. The van der Waals surface area contributed by atoms with Gasteiger partial charge in [0.15, 0.2) is 0 Å². The molecule has 70 valence electrons. The van der Waals surface area contributed by atoms with Crippen LogP contribution in [0.2, 0.25) is 0 Å². The Labute approximate surface area is 80.0 Å². The number of aryl methyl sites for hydroxylation is 1. The third-order valence-corrected chi connectivity index (χ3v) is 3.33. The molecule has 1 aromatic rings. The highest BCUT2D eigenvalue weighted by Crippen LogP contribution is 2.42. The maximum atomic E-state index is 5.85. The van der Waals surface area contributed by atoms with E-state index in [0.717, 1.165) is 6.54 Å². The molecule has 0 atom stereocenters. The molecule has 1 nitrogen and oxygen atoms in total. The lowest BCUT2D eigenvalue weighted by molar-refractivity contribution is 0.253. The summed E-state index contributed by atoms with van der Waals surface area (Å²) in [6.07, 6.45) is 3.88. The summed E-state index contributed by atoms with van der Waals surface area (Å²) >= 11 is 0. The Kier molecular flexibility index (Phi) is 2.12. The van der Waals surface area contributed by atoms with Crippen molar-refractivity contribution < 1.29 is 0 Å². The molecule has 1 heteroatoms. The number of hydrogen-bond acceptors (Lipinski definition) is 1. The zero-order chi connectivity index (χ0) is 9.31. The molecular weight excluding hydrogens is 158 g/mol. The fraction of sp³-hybridized carbons (Fsp3) is 0.500. The van der Waals surface area contributed by atoms with Gasteiger partial charge in [-0.2, -0.15) is 0 Å². The third kappa shape index (κ3) is 1.37. The lowest BCUT2D eigenvalue weighted by Gasteiger charge is -2.41. The molecule has 0 unspecified atom stereocenters. The predicted octanol–water partition coefficient (Wildman–Crippen LogP) is 2.38. The molecule has 1 aliphatic rings. The van der Waals surface area contributed by atoms with Crippen molar-refractivity contribution in [1.29, 1.82) is 0 Å². The van der Waals surface area contributed by atoms with E-state index in [1.807, 2.05) is 0 Å². The molecule has 2 rings (SSSR count). The van der Waals surface area contributed by atoms with E-state index >= 15 is 0 Å². The zero-order valence-electron chi connectivity index (χ0n) is 8.22. The van der Waals surface area contributed by atoms with E-state index in [9.17, 15) is 0 Å². The largest absolute Gasteiger partial charge is 0.330 e. The Morgan fingerprint density at radius 3 is 2.62 bits per heavy atom. The van der Waals surface area contributed by atoms with Crippen LogP contribution in [0, 0.1) is 6.92 Å². The number of hydrogen-bond donors (Lipinski definition) is 1. The molecular formula is C12H17N. The Balaban J connectivity index is 2.33. The summed E-state index contributed by atoms with van der Waals surface area (Å²) in [5, 5.41) is 0. The molecule has 2 N–H and O–H groups in total. The summed E-state index contributed by atoms with van der Waals surface area (Å²) in [6.45, 7) is 2.95. The molecule has 0 aliphatic heterocycles. The van der Waals surface area contributed by atoms with Crippen molar-refractivity contribution in [2.24, 2.45) is 5.73 Å². The van der Waals surface area contributed by atoms with Gasteiger partial charge in [0.25, 0.3) is 0 Å². The van der Waals surface area contributed by atoms with E-state index in [1.165, 1.54) is 30.4 Å². The van der Waals surface area contributed by atoms with E-state index in [0.29, 0.717) is 5.41 Å². The van der Waals surface area contributed by atoms with Crippen LogP contribution in [0.3, 0.4) is 0 Å². The van der Waals surface area contributed by atoms with Crippen molar-refractivity contribution in [3.05, 3.63) is 35.4 Å². The van der Waals surface area contributed by atoms with Gasteiger partial charge in [-0.25, -0.2) is 0 Å². The van der Waals surface area contributed by atoms with Gasteiger partial charge in [0, 0.05) is 12.0 Å². The van der Waals surface area contributed by atoms with E-state index in [2.05, 4.69) is 31.2 Å². The van der Waals surface area contributed by atoms with Crippen molar-refractivity contribution >= 4 is 0 Å². The summed E-state index contributed by atoms with van der Waals surface area (Å²) in [4.78, 5) is 0. The van der Waals surface area contributed by atoms with Crippen molar-refractivity contribution in [3.8, 4) is 0 Å². The van der Waals surface area contributed by atoms with Gasteiger partial charge in [-0.1, -0.05) is 36.2 Å². The summed E-state index contributed by atoms with van der Waals surface area (Å²) in [6, 6.07) is 8.79. The number of nitrogens with two attached hydrogens (primary N) is 1. The standard InChI is InChI=1S/C12H17N/c1-10-4-2-5-11(8-10)12(9-13)6-3-7-12/h2,4-5,8H,3,6-7,9,13H2,1H3. The molecule has 1 saturated carbocycles. The van der Waals surface area contributed by atoms with Crippen molar-refractivity contribution in [2.75, 3.05) is 6.54 Å². The van der Waals surface area contributed by atoms with Gasteiger partial charge in [-0.05, 0) is 25.3 Å². The highest BCUT2D eigenvalue weighted by atomic mass is 14.6. The Hall–Kier alpha value is -0.820. The second-order valence-corrected chi connectivity index (χ2v) is 4.21. The maximum absolute atomic E-state index is 5.85. The minimum Gasteiger partial charge on any atom is -0.330 e. The van der Waals surface area contributed by atoms with Crippen molar-refractivity contribution in [3.63, 3.8) is 0 Å². The summed E-state index contributed by atoms with van der Waals surface area (Å²) < 4.78 is 0. The predicted molar refractivity (Wildman–Crippen MR) is 55.8 cm³/mol. The molecule has 0 amide bonds. The van der Waals surface area contributed by atoms with Crippen LogP contribution in [-0.2, 0) is 5.41 Å². The zero-order valence-corrected chi connectivity index (χ0v) is 8.22. The minimum atomic E-state index is 0.325. The lowest BCUT2D eigenvalue weighted by Crippen LogP contribution is -2.41. The van der Waals surface area contributed by atoms with Crippen LogP contribution in [0.1, 0.15) is 30.4 Å². The first kappa shape index (κ1) is 8.76. The molecule has 1 aliphatic carbocycles. The smallest absolute Gasteiger partial charge is 0.00756 e. The first-order valence-electron chi connectivity index (χ1n) is 5.04. The monoisotopic (exact) mass is 175 g/mol. The normalized spacial score (nSPS) is 19.5. The van der Waals surface area contributed by atoms with Gasteiger partial charge in [-0.3, -0.25) is 0 Å². The van der Waals surface area contributed by atoms with Crippen LogP contribution in [0.25, 0.3) is 0 Å². The van der Waals surface area contributed by atoms with Crippen LogP contribution in [0.4, 0.5) is 0 Å². The maximum Gasteiger partial charge on any atom is 0.00756 e. The highest BCUT2D eigenvalue weighted by Gasteiger charge is 2.36. The third-order valence-electron chi connectivity index (χ3n) is 3.33. The first-order valence-corrected chi connectivity index (χ1v) is 5.04. The molecule has 0 saturated heterocycles. The number of rotatable bonds is 2. The Morgan fingerprint density at radius 1 is 1.38 bits per heavy atom. The summed E-state index contributed by atoms with van der Waals surface area (Å²) in [5.41, 5.74) is 8.97. The molecule has 0 aromatic heterocycles. The Morgan fingerprint density at radius 2 is 2.15 bits per heavy atom. The van der Waals surface area contributed by atoms with Gasteiger partial charge >= 0.3 is 0 Å². The van der Waals surface area contributed by atoms with E-state index in [-0.39, 0.29) is 0 Å². The fourth-order valence-corrected chi connectivity index (χ4v) is 2.19. The second kappa shape index (κ2) is 3.15. The average molecular weight is 175 g/mol. The van der Waals surface area contributed by atoms with Gasteiger partial charge in [0.05, 0.1) is 0 Å². The minimum absolute atomic E-state index is 0.325. The van der Waals surface area contributed by atoms with Gasteiger partial charge in [0.2, 0.25) is 0 Å². The molecule has 0 radical (unpaired) electrons. The SMILES string of the molecule is Cc1cccc(C2(CN)CCC2)c1. The van der Waals surface area contributed by atoms with Crippen molar-refractivity contribution in [1.82, 2.24) is 0 Å².